The lowest BCUT2D eigenvalue weighted by molar-refractivity contribution is -0.152. The lowest BCUT2D eigenvalue weighted by atomic mass is 9.82. The monoisotopic (exact) mass is 351 g/mol. The molecule has 8 heteroatoms. The van der Waals surface area contributed by atoms with Crippen LogP contribution in [0, 0.1) is 5.41 Å². The number of nitrogens with one attached hydrogen (secondary N) is 3. The molecule has 0 aliphatic rings. The molecule has 0 atom stereocenters. The molecule has 0 spiro atoms. The first-order chi connectivity index (χ1) is 11.9. The minimum atomic E-state index is -0.750. The number of amides is 3. The quantitative estimate of drug-likeness (QED) is 0.655. The van der Waals surface area contributed by atoms with E-state index in [1.165, 1.54) is 14.2 Å². The highest BCUT2D eigenvalue weighted by atomic mass is 16.5. The Morgan fingerprint density at radius 2 is 1.60 bits per heavy atom. The Labute approximate surface area is 147 Å². The first-order valence-corrected chi connectivity index (χ1v) is 7.99. The third-order valence-electron chi connectivity index (χ3n) is 4.11. The van der Waals surface area contributed by atoms with Crippen molar-refractivity contribution in [1.29, 1.82) is 0 Å². The van der Waals surface area contributed by atoms with Gasteiger partial charge in [0, 0.05) is 17.9 Å². The first kappa shape index (κ1) is 20.3. The van der Waals surface area contributed by atoms with E-state index in [1.807, 2.05) is 13.8 Å². The Morgan fingerprint density at radius 1 is 1.00 bits per heavy atom. The third-order valence-corrected chi connectivity index (χ3v) is 4.11. The molecule has 8 nitrogen and oxygen atoms in total. The fourth-order valence-corrected chi connectivity index (χ4v) is 2.35. The molecular weight excluding hydrogens is 326 g/mol. The number of rotatable bonds is 7. The maximum Gasteiger partial charge on any atom is 0.411 e. The van der Waals surface area contributed by atoms with Crippen LogP contribution in [0.25, 0.3) is 0 Å². The summed E-state index contributed by atoms with van der Waals surface area (Å²) in [5, 5.41) is 7.86. The summed E-state index contributed by atoms with van der Waals surface area (Å²) in [6.45, 7) is 3.92. The van der Waals surface area contributed by atoms with Crippen LogP contribution >= 0.6 is 0 Å². The van der Waals surface area contributed by atoms with Gasteiger partial charge in [-0.2, -0.15) is 0 Å². The molecule has 0 heterocycles. The molecule has 0 unspecified atom stereocenters. The summed E-state index contributed by atoms with van der Waals surface area (Å²) in [5.74, 6) is -0.345. The number of hydrogen-bond donors (Lipinski definition) is 3. The van der Waals surface area contributed by atoms with Gasteiger partial charge in [0.15, 0.2) is 0 Å². The number of hydrogen-bond acceptors (Lipinski definition) is 5. The standard InChI is InChI=1S/C17H25N3O5/c1-5-17(6-2,14(21)24-3)11-18-15(22)19-12-8-7-9-13(10-12)20-16(23)25-4/h7-10H,5-6,11H2,1-4H3,(H,20,23)(H2,18,19,22). The average Bonchev–Trinajstić information content (AvgIpc) is 2.62. The van der Waals surface area contributed by atoms with Gasteiger partial charge in [-0.15, -0.1) is 0 Å². The van der Waals surface area contributed by atoms with Gasteiger partial charge in [0.05, 0.1) is 19.6 Å². The van der Waals surface area contributed by atoms with E-state index in [0.717, 1.165) is 0 Å². The molecule has 1 rings (SSSR count). The van der Waals surface area contributed by atoms with Gasteiger partial charge >= 0.3 is 18.1 Å². The molecule has 0 fully saturated rings. The second kappa shape index (κ2) is 9.51. The average molecular weight is 351 g/mol. The predicted octanol–water partition coefficient (Wildman–Crippen LogP) is 2.97. The van der Waals surface area contributed by atoms with Gasteiger partial charge in [-0.3, -0.25) is 10.1 Å². The summed E-state index contributed by atoms with van der Waals surface area (Å²) in [4.78, 5) is 35.3. The van der Waals surface area contributed by atoms with Gasteiger partial charge < -0.3 is 20.1 Å². The molecule has 0 bridgehead atoms. The Bertz CT molecular complexity index is 614. The van der Waals surface area contributed by atoms with Crippen molar-refractivity contribution in [3.05, 3.63) is 24.3 Å². The van der Waals surface area contributed by atoms with Gasteiger partial charge in [0.2, 0.25) is 0 Å². The molecule has 0 saturated heterocycles. The molecule has 0 aliphatic carbocycles. The summed E-state index contributed by atoms with van der Waals surface area (Å²) < 4.78 is 9.36. The van der Waals surface area contributed by atoms with Crippen LogP contribution in [0.1, 0.15) is 26.7 Å². The van der Waals surface area contributed by atoms with E-state index in [4.69, 9.17) is 4.74 Å². The molecular formula is C17H25N3O5. The van der Waals surface area contributed by atoms with Gasteiger partial charge in [-0.1, -0.05) is 19.9 Å². The van der Waals surface area contributed by atoms with E-state index >= 15 is 0 Å². The lowest BCUT2D eigenvalue weighted by Gasteiger charge is -2.28. The fourth-order valence-electron chi connectivity index (χ4n) is 2.35. The molecule has 0 aromatic heterocycles. The van der Waals surface area contributed by atoms with Crippen molar-refractivity contribution in [2.75, 3.05) is 31.4 Å². The first-order valence-electron chi connectivity index (χ1n) is 7.99. The molecule has 0 saturated carbocycles. The number of methoxy groups -OCH3 is 2. The summed E-state index contributed by atoms with van der Waals surface area (Å²) >= 11 is 0. The highest BCUT2D eigenvalue weighted by Crippen LogP contribution is 2.27. The summed E-state index contributed by atoms with van der Waals surface area (Å²) in [6.07, 6.45) is 0.500. The summed E-state index contributed by atoms with van der Waals surface area (Å²) in [6, 6.07) is 6.15. The maximum atomic E-state index is 12.1. The van der Waals surface area contributed by atoms with Crippen molar-refractivity contribution in [3.8, 4) is 0 Å². The number of benzene rings is 1. The van der Waals surface area contributed by atoms with Gasteiger partial charge in [0.25, 0.3) is 0 Å². The Balaban J connectivity index is 2.69. The minimum Gasteiger partial charge on any atom is -0.469 e. The van der Waals surface area contributed by atoms with Gasteiger partial charge in [0.1, 0.15) is 0 Å². The van der Waals surface area contributed by atoms with E-state index in [-0.39, 0.29) is 12.5 Å². The molecule has 1 aromatic carbocycles. The minimum absolute atomic E-state index is 0.165. The molecule has 1 aromatic rings. The zero-order chi connectivity index (χ0) is 18.9. The van der Waals surface area contributed by atoms with Crippen LogP contribution in [0.2, 0.25) is 0 Å². The van der Waals surface area contributed by atoms with Crippen LogP contribution in [0.5, 0.6) is 0 Å². The number of carbonyl (C=O) groups is 3. The van der Waals surface area contributed by atoms with Crippen LogP contribution in [-0.4, -0.2) is 38.9 Å². The summed E-state index contributed by atoms with van der Waals surface area (Å²) in [5.41, 5.74) is 0.221. The molecule has 138 valence electrons. The largest absolute Gasteiger partial charge is 0.469 e. The molecule has 25 heavy (non-hydrogen) atoms. The van der Waals surface area contributed by atoms with Crippen LogP contribution in [0.3, 0.4) is 0 Å². The maximum absolute atomic E-state index is 12.1. The molecule has 3 amide bonds. The topological polar surface area (TPSA) is 106 Å². The van der Waals surface area contributed by atoms with Crippen LogP contribution < -0.4 is 16.0 Å². The van der Waals surface area contributed by atoms with Crippen molar-refractivity contribution in [2.24, 2.45) is 5.41 Å². The van der Waals surface area contributed by atoms with Crippen LogP contribution in [0.15, 0.2) is 24.3 Å². The lowest BCUT2D eigenvalue weighted by Crippen LogP contribution is -2.44. The Hall–Kier alpha value is -2.77. The zero-order valence-corrected chi connectivity index (χ0v) is 15.0. The highest BCUT2D eigenvalue weighted by Gasteiger charge is 2.36. The van der Waals surface area contributed by atoms with Gasteiger partial charge in [-0.25, -0.2) is 9.59 Å². The molecule has 3 N–H and O–H groups in total. The van der Waals surface area contributed by atoms with Crippen molar-refractivity contribution < 1.29 is 23.9 Å². The fraction of sp³-hybridized carbons (Fsp3) is 0.471. The second-order valence-electron chi connectivity index (χ2n) is 5.48. The normalized spacial score (nSPS) is 10.6. The van der Waals surface area contributed by atoms with E-state index in [1.54, 1.807) is 24.3 Å². The SMILES string of the molecule is CCC(CC)(CNC(=O)Nc1cccc(NC(=O)OC)c1)C(=O)OC. The van der Waals surface area contributed by atoms with E-state index < -0.39 is 17.5 Å². The van der Waals surface area contributed by atoms with Crippen LogP contribution in [-0.2, 0) is 14.3 Å². The zero-order valence-electron chi connectivity index (χ0n) is 15.0. The van der Waals surface area contributed by atoms with Crippen molar-refractivity contribution >= 4 is 29.5 Å². The third kappa shape index (κ3) is 5.66. The smallest absolute Gasteiger partial charge is 0.411 e. The van der Waals surface area contributed by atoms with E-state index in [2.05, 4.69) is 20.7 Å². The molecule has 0 aliphatic heterocycles. The van der Waals surface area contributed by atoms with E-state index in [9.17, 15) is 14.4 Å². The van der Waals surface area contributed by atoms with Crippen molar-refractivity contribution in [3.63, 3.8) is 0 Å². The van der Waals surface area contributed by atoms with Crippen molar-refractivity contribution in [1.82, 2.24) is 5.32 Å². The number of ether oxygens (including phenoxy) is 2. The Kier molecular flexibility index (Phi) is 7.71. The number of carbonyl (C=O) groups excluding carboxylic acids is 3. The number of urea groups is 1. The molecule has 0 radical (unpaired) electrons. The Morgan fingerprint density at radius 3 is 2.12 bits per heavy atom. The van der Waals surface area contributed by atoms with E-state index in [0.29, 0.717) is 24.2 Å². The summed E-state index contributed by atoms with van der Waals surface area (Å²) in [7, 11) is 2.60. The number of esters is 1. The number of anilines is 2. The predicted molar refractivity (Wildman–Crippen MR) is 94.5 cm³/mol. The van der Waals surface area contributed by atoms with Crippen LogP contribution in [0.4, 0.5) is 21.0 Å². The second-order valence-corrected chi connectivity index (χ2v) is 5.48. The van der Waals surface area contributed by atoms with Gasteiger partial charge in [-0.05, 0) is 31.0 Å². The van der Waals surface area contributed by atoms with Crippen molar-refractivity contribution in [2.45, 2.75) is 26.7 Å². The highest BCUT2D eigenvalue weighted by molar-refractivity contribution is 5.91.